The number of hydrogen-bond acceptors (Lipinski definition) is 4. The number of nitrogens with zero attached hydrogens (tertiary/aromatic N) is 3. The lowest BCUT2D eigenvalue weighted by Gasteiger charge is -2.27. The Hall–Kier alpha value is -2.62. The number of piperidine rings is 1. The number of rotatable bonds is 7. The van der Waals surface area contributed by atoms with Crippen LogP contribution in [-0.4, -0.2) is 30.2 Å². The summed E-state index contributed by atoms with van der Waals surface area (Å²) >= 11 is 0. The highest BCUT2D eigenvalue weighted by atomic mass is 16.5. The van der Waals surface area contributed by atoms with Gasteiger partial charge in [0, 0.05) is 13.1 Å². The molecule has 1 aromatic heterocycles. The van der Waals surface area contributed by atoms with Crippen molar-refractivity contribution >= 4 is 17.1 Å². The van der Waals surface area contributed by atoms with E-state index in [9.17, 15) is 0 Å². The van der Waals surface area contributed by atoms with E-state index in [0.29, 0.717) is 0 Å². The van der Waals surface area contributed by atoms with Gasteiger partial charge in [-0.05, 0) is 56.4 Å². The van der Waals surface area contributed by atoms with E-state index >= 15 is 0 Å². The van der Waals surface area contributed by atoms with Crippen LogP contribution < -0.4 is 4.90 Å². The third-order valence-electron chi connectivity index (χ3n) is 4.32. The molecular formula is C22H29N3O. The van der Waals surface area contributed by atoms with Gasteiger partial charge in [0.2, 0.25) is 5.95 Å². The largest absolute Gasteiger partial charge is 0.501 e. The monoisotopic (exact) mass is 351 g/mol. The molecule has 0 aliphatic carbocycles. The van der Waals surface area contributed by atoms with Gasteiger partial charge in [0.1, 0.15) is 0 Å². The second kappa shape index (κ2) is 9.76. The first-order chi connectivity index (χ1) is 12.6. The number of aromatic nitrogens is 2. The van der Waals surface area contributed by atoms with Crippen molar-refractivity contribution in [3.05, 3.63) is 66.8 Å². The zero-order chi connectivity index (χ0) is 18.9. The second-order valence-electron chi connectivity index (χ2n) is 6.33. The van der Waals surface area contributed by atoms with Crippen LogP contribution in [-0.2, 0) is 4.74 Å². The fourth-order valence-electron chi connectivity index (χ4n) is 2.89. The number of anilines is 1. The quantitative estimate of drug-likeness (QED) is 0.501. The molecule has 0 N–H and O–H groups in total. The molecule has 138 valence electrons. The Balaban J connectivity index is 2.52. The molecule has 4 heteroatoms. The Morgan fingerprint density at radius 2 is 1.88 bits per heavy atom. The van der Waals surface area contributed by atoms with Gasteiger partial charge in [0.05, 0.1) is 24.3 Å². The molecule has 0 bridgehead atoms. The molecule has 2 rings (SSSR count). The van der Waals surface area contributed by atoms with Crippen molar-refractivity contribution in [2.75, 3.05) is 25.1 Å². The van der Waals surface area contributed by atoms with Gasteiger partial charge in [-0.1, -0.05) is 37.5 Å². The molecule has 0 saturated carbocycles. The van der Waals surface area contributed by atoms with E-state index in [0.717, 1.165) is 47.3 Å². The molecule has 1 aromatic rings. The third kappa shape index (κ3) is 5.19. The van der Waals surface area contributed by atoms with Crippen molar-refractivity contribution in [3.8, 4) is 0 Å². The van der Waals surface area contributed by atoms with Gasteiger partial charge in [-0.3, -0.25) is 0 Å². The van der Waals surface area contributed by atoms with Gasteiger partial charge < -0.3 is 9.64 Å². The second-order valence-corrected chi connectivity index (χ2v) is 6.33. The van der Waals surface area contributed by atoms with Gasteiger partial charge in [0.25, 0.3) is 0 Å². The van der Waals surface area contributed by atoms with Gasteiger partial charge in [-0.2, -0.15) is 0 Å². The summed E-state index contributed by atoms with van der Waals surface area (Å²) in [5.74, 6) is 1.56. The molecule has 0 radical (unpaired) electrons. The van der Waals surface area contributed by atoms with E-state index in [4.69, 9.17) is 14.7 Å². The topological polar surface area (TPSA) is 38.2 Å². The first-order valence-electron chi connectivity index (χ1n) is 9.10. The first-order valence-corrected chi connectivity index (χ1v) is 9.10. The van der Waals surface area contributed by atoms with Crippen LogP contribution in [0.15, 0.2) is 55.4 Å². The molecule has 1 saturated heterocycles. The van der Waals surface area contributed by atoms with E-state index < -0.39 is 0 Å². The summed E-state index contributed by atoms with van der Waals surface area (Å²) in [7, 11) is 1.65. The fourth-order valence-corrected chi connectivity index (χ4v) is 2.89. The molecule has 1 fully saturated rings. The van der Waals surface area contributed by atoms with Crippen molar-refractivity contribution in [2.45, 2.75) is 33.1 Å². The summed E-state index contributed by atoms with van der Waals surface area (Å²) in [5.41, 5.74) is 3.50. The Kier molecular flexibility index (Phi) is 7.39. The molecule has 0 atom stereocenters. The summed E-state index contributed by atoms with van der Waals surface area (Å²) in [6, 6.07) is 1.98. The molecule has 1 aliphatic rings. The molecular weight excluding hydrogens is 322 g/mol. The van der Waals surface area contributed by atoms with Crippen molar-refractivity contribution in [1.82, 2.24) is 9.97 Å². The third-order valence-corrected chi connectivity index (χ3v) is 4.32. The molecule has 4 nitrogen and oxygen atoms in total. The summed E-state index contributed by atoms with van der Waals surface area (Å²) in [5, 5.41) is 0. The minimum Gasteiger partial charge on any atom is -0.501 e. The van der Waals surface area contributed by atoms with Crippen molar-refractivity contribution < 1.29 is 4.74 Å². The Bertz CT molecular complexity index is 738. The maximum atomic E-state index is 5.25. The van der Waals surface area contributed by atoms with Crippen molar-refractivity contribution in [1.29, 1.82) is 0 Å². The van der Waals surface area contributed by atoms with Gasteiger partial charge in [-0.15, -0.1) is 0 Å². The highest BCUT2D eigenvalue weighted by Crippen LogP contribution is 2.24. The van der Waals surface area contributed by atoms with Crippen molar-refractivity contribution in [2.24, 2.45) is 0 Å². The first kappa shape index (κ1) is 19.7. The van der Waals surface area contributed by atoms with E-state index in [2.05, 4.69) is 18.1 Å². The summed E-state index contributed by atoms with van der Waals surface area (Å²) in [6.07, 6.45) is 13.3. The predicted octanol–water partition coefficient (Wildman–Crippen LogP) is 5.18. The van der Waals surface area contributed by atoms with Crippen LogP contribution in [0.5, 0.6) is 0 Å². The van der Waals surface area contributed by atoms with Crippen LogP contribution in [0, 0.1) is 0 Å². The number of allylic oxidation sites excluding steroid dienone is 8. The number of methoxy groups -OCH3 is 1. The Labute approximate surface area is 157 Å². The lowest BCUT2D eigenvalue weighted by atomic mass is 10.1. The summed E-state index contributed by atoms with van der Waals surface area (Å²) < 4.78 is 5.25. The number of ether oxygens (including phenoxy) is 1. The van der Waals surface area contributed by atoms with Gasteiger partial charge in [-0.25, -0.2) is 9.97 Å². The highest BCUT2D eigenvalue weighted by Gasteiger charge is 2.17. The lowest BCUT2D eigenvalue weighted by molar-refractivity contribution is 0.294. The molecule has 2 heterocycles. The van der Waals surface area contributed by atoms with Crippen molar-refractivity contribution in [3.63, 3.8) is 0 Å². The van der Waals surface area contributed by atoms with E-state index in [1.54, 1.807) is 13.2 Å². The SMILES string of the molecule is C=C/C=C(\C=C/C)c1cc(C(=C)/C=C(\C)OC)nc(N2CCCCC2)n1. The number of hydrogen-bond donors (Lipinski definition) is 0. The van der Waals surface area contributed by atoms with Crippen LogP contribution in [0.3, 0.4) is 0 Å². The average molecular weight is 351 g/mol. The smallest absolute Gasteiger partial charge is 0.226 e. The average Bonchev–Trinajstić information content (AvgIpc) is 2.68. The maximum absolute atomic E-state index is 5.25. The minimum absolute atomic E-state index is 0.765. The molecule has 0 aromatic carbocycles. The van der Waals surface area contributed by atoms with Crippen LogP contribution in [0.25, 0.3) is 11.1 Å². The zero-order valence-electron chi connectivity index (χ0n) is 16.2. The van der Waals surface area contributed by atoms with E-state index in [1.165, 1.54) is 19.3 Å². The van der Waals surface area contributed by atoms with Gasteiger partial charge >= 0.3 is 0 Å². The summed E-state index contributed by atoms with van der Waals surface area (Å²) in [4.78, 5) is 11.9. The maximum Gasteiger partial charge on any atom is 0.226 e. The van der Waals surface area contributed by atoms with Crippen LogP contribution in [0.2, 0.25) is 0 Å². The lowest BCUT2D eigenvalue weighted by Crippen LogP contribution is -2.31. The molecule has 0 unspecified atom stereocenters. The minimum atomic E-state index is 0.765. The fraction of sp³-hybridized carbons (Fsp3) is 0.364. The van der Waals surface area contributed by atoms with Crippen LogP contribution >= 0.6 is 0 Å². The van der Waals surface area contributed by atoms with Crippen LogP contribution in [0.1, 0.15) is 44.5 Å². The highest BCUT2D eigenvalue weighted by molar-refractivity contribution is 5.77. The zero-order valence-corrected chi connectivity index (χ0v) is 16.2. The molecule has 0 spiro atoms. The standard InChI is InChI=1S/C22H29N3O/c1-6-11-19(12-7-2)21-16-20(17(3)15-18(4)26-5)23-22(24-21)25-13-9-8-10-14-25/h6-7,11-12,15-16H,1,3,8-10,13-14H2,2,4-5H3/b12-7-,18-15+,19-11+. The Morgan fingerprint density at radius 3 is 2.50 bits per heavy atom. The predicted molar refractivity (Wildman–Crippen MR) is 111 cm³/mol. The van der Waals surface area contributed by atoms with Crippen LogP contribution in [0.4, 0.5) is 5.95 Å². The Morgan fingerprint density at radius 1 is 1.19 bits per heavy atom. The summed E-state index contributed by atoms with van der Waals surface area (Å²) in [6.45, 7) is 13.9. The van der Waals surface area contributed by atoms with E-state index in [1.807, 2.05) is 44.2 Å². The van der Waals surface area contributed by atoms with Gasteiger partial charge in [0.15, 0.2) is 0 Å². The molecule has 0 amide bonds. The molecule has 26 heavy (non-hydrogen) atoms. The molecule has 1 aliphatic heterocycles. The normalized spacial score (nSPS) is 16.0. The van der Waals surface area contributed by atoms with E-state index in [-0.39, 0.29) is 0 Å².